The number of hydrogen-bond donors (Lipinski definition) is 0. The largest absolute Gasteiger partial charge is 0.374 e. The third-order valence-electron chi connectivity index (χ3n) is 3.67. The van der Waals surface area contributed by atoms with Crippen LogP contribution in [0.4, 0.5) is 0 Å². The van der Waals surface area contributed by atoms with Crippen LogP contribution in [-0.2, 0) is 18.9 Å². The zero-order valence-electron chi connectivity index (χ0n) is 10.9. The van der Waals surface area contributed by atoms with Gasteiger partial charge in [-0.2, -0.15) is 0 Å². The molecule has 0 N–H and O–H groups in total. The van der Waals surface area contributed by atoms with Crippen LogP contribution in [0.15, 0.2) is 11.1 Å². The zero-order valence-corrected chi connectivity index (χ0v) is 10.9. The Balaban J connectivity index is 1.42. The molecule has 2 fully saturated rings. The lowest BCUT2D eigenvalue weighted by molar-refractivity contribution is 0.121. The first-order valence-electron chi connectivity index (χ1n) is 7.00. The molecule has 2 unspecified atom stereocenters. The minimum atomic E-state index is 0.362. The van der Waals surface area contributed by atoms with Crippen molar-refractivity contribution in [3.05, 3.63) is 11.1 Å². The number of hydrogen-bond acceptors (Lipinski definition) is 4. The van der Waals surface area contributed by atoms with Crippen LogP contribution < -0.4 is 0 Å². The summed E-state index contributed by atoms with van der Waals surface area (Å²) < 4.78 is 21.7. The van der Waals surface area contributed by atoms with E-state index in [9.17, 15) is 0 Å². The van der Waals surface area contributed by atoms with Crippen LogP contribution in [0.2, 0.25) is 0 Å². The lowest BCUT2D eigenvalue weighted by Crippen LogP contribution is -2.13. The van der Waals surface area contributed by atoms with E-state index in [0.29, 0.717) is 12.2 Å². The van der Waals surface area contributed by atoms with Crippen molar-refractivity contribution in [3.8, 4) is 0 Å². The van der Waals surface area contributed by atoms with Crippen molar-refractivity contribution in [2.24, 2.45) is 0 Å². The molecule has 2 aliphatic heterocycles. The smallest absolute Gasteiger partial charge is 0.104 e. The Hall–Kier alpha value is -0.420. The highest BCUT2D eigenvalue weighted by Gasteiger charge is 2.24. The Kier molecular flexibility index (Phi) is 4.31. The maximum atomic E-state index is 5.70. The molecule has 0 amide bonds. The summed E-state index contributed by atoms with van der Waals surface area (Å²) in [5.41, 5.74) is 2.91. The van der Waals surface area contributed by atoms with Crippen LogP contribution in [0.5, 0.6) is 0 Å². The Morgan fingerprint density at radius 1 is 0.833 bits per heavy atom. The van der Waals surface area contributed by atoms with Gasteiger partial charge in [-0.25, -0.2) is 0 Å². The van der Waals surface area contributed by atoms with Gasteiger partial charge in [0.25, 0.3) is 0 Å². The molecule has 0 spiro atoms. The fourth-order valence-corrected chi connectivity index (χ4v) is 2.33. The Morgan fingerprint density at radius 2 is 1.28 bits per heavy atom. The molecule has 0 aromatic rings. The van der Waals surface area contributed by atoms with Crippen LogP contribution in [0, 0.1) is 0 Å². The molecule has 0 aromatic carbocycles. The summed E-state index contributed by atoms with van der Waals surface area (Å²) in [7, 11) is 0. The van der Waals surface area contributed by atoms with Gasteiger partial charge in [0.05, 0.1) is 39.6 Å². The fraction of sp³-hybridized carbons (Fsp3) is 0.857. The lowest BCUT2D eigenvalue weighted by Gasteiger charge is -2.20. The van der Waals surface area contributed by atoms with Gasteiger partial charge in [-0.3, -0.25) is 0 Å². The predicted molar refractivity (Wildman–Crippen MR) is 66.6 cm³/mol. The number of epoxide rings is 2. The van der Waals surface area contributed by atoms with E-state index in [1.165, 1.54) is 36.8 Å². The highest BCUT2D eigenvalue weighted by atomic mass is 16.6. The van der Waals surface area contributed by atoms with Crippen LogP contribution in [0.25, 0.3) is 0 Å². The molecular weight excluding hydrogens is 232 g/mol. The van der Waals surface area contributed by atoms with Crippen molar-refractivity contribution < 1.29 is 18.9 Å². The van der Waals surface area contributed by atoms with E-state index < -0.39 is 0 Å². The molecule has 18 heavy (non-hydrogen) atoms. The Labute approximate surface area is 108 Å². The van der Waals surface area contributed by atoms with Gasteiger partial charge < -0.3 is 18.9 Å². The molecule has 4 heteroatoms. The molecule has 0 bridgehead atoms. The normalized spacial score (nSPS) is 30.7. The molecular formula is C14H22O4. The molecule has 3 aliphatic rings. The van der Waals surface area contributed by atoms with E-state index >= 15 is 0 Å². The van der Waals surface area contributed by atoms with E-state index in [-0.39, 0.29) is 0 Å². The van der Waals surface area contributed by atoms with Gasteiger partial charge in [0.2, 0.25) is 0 Å². The molecule has 1 aliphatic carbocycles. The van der Waals surface area contributed by atoms with Crippen molar-refractivity contribution in [1.29, 1.82) is 0 Å². The van der Waals surface area contributed by atoms with Crippen LogP contribution in [-0.4, -0.2) is 51.8 Å². The highest BCUT2D eigenvalue weighted by molar-refractivity contribution is 5.18. The molecule has 3 rings (SSSR count). The van der Waals surface area contributed by atoms with Gasteiger partial charge in [0.1, 0.15) is 12.2 Å². The Morgan fingerprint density at radius 3 is 1.67 bits per heavy atom. The van der Waals surface area contributed by atoms with E-state index in [2.05, 4.69) is 0 Å². The second kappa shape index (κ2) is 6.15. The third kappa shape index (κ3) is 4.05. The van der Waals surface area contributed by atoms with Gasteiger partial charge in [-0.15, -0.1) is 0 Å². The zero-order chi connectivity index (χ0) is 12.2. The fourth-order valence-electron chi connectivity index (χ4n) is 2.33. The minimum Gasteiger partial charge on any atom is -0.374 e. The minimum absolute atomic E-state index is 0.362. The van der Waals surface area contributed by atoms with Crippen LogP contribution in [0.1, 0.15) is 25.7 Å². The van der Waals surface area contributed by atoms with Crippen molar-refractivity contribution in [2.45, 2.75) is 37.9 Å². The van der Waals surface area contributed by atoms with Crippen LogP contribution >= 0.6 is 0 Å². The molecule has 0 saturated carbocycles. The lowest BCUT2D eigenvalue weighted by atomic mass is 9.92. The van der Waals surface area contributed by atoms with E-state index in [0.717, 1.165) is 39.6 Å². The quantitative estimate of drug-likeness (QED) is 0.488. The standard InChI is InChI=1S/C14H22O4/c1-2-4-12(6-16-8-14-10-18-14)11(3-1)5-15-7-13-9-17-13/h13-14H,1-10H2. The predicted octanol–water partition coefficient (Wildman–Crippen LogP) is 1.69. The second-order valence-corrected chi connectivity index (χ2v) is 5.36. The SMILES string of the molecule is C1CCC(COCC2CO2)=C(COCC2CO2)C1. The number of rotatable bonds is 8. The van der Waals surface area contributed by atoms with E-state index in [1.54, 1.807) is 0 Å². The van der Waals surface area contributed by atoms with E-state index in [4.69, 9.17) is 18.9 Å². The summed E-state index contributed by atoms with van der Waals surface area (Å²) in [6.07, 6.45) is 5.64. The monoisotopic (exact) mass is 254 g/mol. The molecule has 2 saturated heterocycles. The molecule has 0 radical (unpaired) electrons. The summed E-state index contributed by atoms with van der Waals surface area (Å²) >= 11 is 0. The first kappa shape index (κ1) is 12.6. The first-order valence-corrected chi connectivity index (χ1v) is 7.00. The summed E-state index contributed by atoms with van der Waals surface area (Å²) in [5.74, 6) is 0. The average molecular weight is 254 g/mol. The van der Waals surface area contributed by atoms with Crippen LogP contribution in [0.3, 0.4) is 0 Å². The third-order valence-corrected chi connectivity index (χ3v) is 3.67. The van der Waals surface area contributed by atoms with Crippen molar-refractivity contribution >= 4 is 0 Å². The molecule has 4 nitrogen and oxygen atoms in total. The maximum absolute atomic E-state index is 5.70. The van der Waals surface area contributed by atoms with Gasteiger partial charge >= 0.3 is 0 Å². The summed E-state index contributed by atoms with van der Waals surface area (Å²) in [6, 6.07) is 0. The second-order valence-electron chi connectivity index (χ2n) is 5.36. The summed E-state index contributed by atoms with van der Waals surface area (Å²) in [5, 5.41) is 0. The molecule has 102 valence electrons. The van der Waals surface area contributed by atoms with Gasteiger partial charge in [0, 0.05) is 0 Å². The van der Waals surface area contributed by atoms with Crippen molar-refractivity contribution in [3.63, 3.8) is 0 Å². The average Bonchev–Trinajstić information content (AvgIpc) is 3.25. The summed E-state index contributed by atoms with van der Waals surface area (Å²) in [6.45, 7) is 4.75. The van der Waals surface area contributed by atoms with Crippen molar-refractivity contribution in [2.75, 3.05) is 39.6 Å². The molecule has 0 aromatic heterocycles. The number of ether oxygens (including phenoxy) is 4. The highest BCUT2D eigenvalue weighted by Crippen LogP contribution is 2.26. The maximum Gasteiger partial charge on any atom is 0.104 e. The molecule has 2 atom stereocenters. The molecule has 2 heterocycles. The van der Waals surface area contributed by atoms with Crippen molar-refractivity contribution in [1.82, 2.24) is 0 Å². The van der Waals surface area contributed by atoms with Gasteiger partial charge in [-0.1, -0.05) is 0 Å². The van der Waals surface area contributed by atoms with Gasteiger partial charge in [-0.05, 0) is 36.8 Å². The van der Waals surface area contributed by atoms with E-state index in [1.807, 2.05) is 0 Å². The first-order chi connectivity index (χ1) is 8.92. The topological polar surface area (TPSA) is 43.5 Å². The Bertz CT molecular complexity index is 275. The summed E-state index contributed by atoms with van der Waals surface area (Å²) in [4.78, 5) is 0. The van der Waals surface area contributed by atoms with Gasteiger partial charge in [0.15, 0.2) is 0 Å².